The third kappa shape index (κ3) is 3.90. The maximum absolute atomic E-state index is 6.66. The zero-order valence-electron chi connectivity index (χ0n) is 17.5. The van der Waals surface area contributed by atoms with Crippen LogP contribution in [0.2, 0.25) is 0 Å². The summed E-state index contributed by atoms with van der Waals surface area (Å²) in [6, 6.07) is 0. The molecule has 0 aliphatic heterocycles. The summed E-state index contributed by atoms with van der Waals surface area (Å²) in [4.78, 5) is 14.0. The van der Waals surface area contributed by atoms with E-state index in [9.17, 15) is 0 Å². The minimum Gasteiger partial charge on any atom is -0.352 e. The van der Waals surface area contributed by atoms with Crippen molar-refractivity contribution in [3.8, 4) is 0 Å². The molecule has 0 amide bonds. The zero-order chi connectivity index (χ0) is 20.0. The Morgan fingerprint density at radius 2 is 1.14 bits per heavy atom. The summed E-state index contributed by atoms with van der Waals surface area (Å²) in [5.41, 5.74) is -0.960. The topological polar surface area (TPSA) is 62.7 Å². The number of hydrogen-bond acceptors (Lipinski definition) is 4. The van der Waals surface area contributed by atoms with Gasteiger partial charge < -0.3 is 18.4 Å². The minimum atomic E-state index is -0.960. The van der Waals surface area contributed by atoms with Crippen LogP contribution in [0.4, 0.5) is 0 Å². The molecule has 0 aromatic carbocycles. The lowest BCUT2D eigenvalue weighted by Crippen LogP contribution is -2.40. The van der Waals surface area contributed by atoms with Crippen molar-refractivity contribution in [2.24, 2.45) is 21.1 Å². The SMILES string of the molecule is CCCCCCCCOC(c1nccn1C)(c1nccn1C)c1nccn1C. The molecule has 0 bridgehead atoms. The molecule has 3 aromatic rings. The zero-order valence-corrected chi connectivity index (χ0v) is 17.5. The van der Waals surface area contributed by atoms with Gasteiger partial charge in [-0.3, -0.25) is 0 Å². The van der Waals surface area contributed by atoms with Gasteiger partial charge in [0.1, 0.15) is 0 Å². The molecule has 0 saturated heterocycles. The average molecular weight is 385 g/mol. The number of rotatable bonds is 11. The fraction of sp³-hybridized carbons (Fsp3) is 0.571. The van der Waals surface area contributed by atoms with Gasteiger partial charge in [0.05, 0.1) is 0 Å². The molecule has 7 heteroatoms. The van der Waals surface area contributed by atoms with Crippen molar-refractivity contribution in [1.82, 2.24) is 28.7 Å². The van der Waals surface area contributed by atoms with Gasteiger partial charge in [-0.25, -0.2) is 15.0 Å². The second-order valence-corrected chi connectivity index (χ2v) is 7.38. The summed E-state index contributed by atoms with van der Waals surface area (Å²) in [5, 5.41) is 0. The Morgan fingerprint density at radius 1 is 0.714 bits per heavy atom. The van der Waals surface area contributed by atoms with E-state index in [4.69, 9.17) is 4.74 Å². The van der Waals surface area contributed by atoms with Gasteiger partial charge in [-0.2, -0.15) is 0 Å². The monoisotopic (exact) mass is 384 g/mol. The van der Waals surface area contributed by atoms with Gasteiger partial charge in [-0.05, 0) is 6.42 Å². The van der Waals surface area contributed by atoms with E-state index in [1.165, 1.54) is 25.7 Å². The third-order valence-corrected chi connectivity index (χ3v) is 5.22. The van der Waals surface area contributed by atoms with Crippen LogP contribution < -0.4 is 0 Å². The lowest BCUT2D eigenvalue weighted by Gasteiger charge is -2.32. The first kappa shape index (κ1) is 20.3. The van der Waals surface area contributed by atoms with E-state index in [2.05, 4.69) is 21.9 Å². The van der Waals surface area contributed by atoms with Crippen LogP contribution >= 0.6 is 0 Å². The highest BCUT2D eigenvalue weighted by Crippen LogP contribution is 2.37. The molecule has 0 saturated carbocycles. The Labute approximate surface area is 167 Å². The molecule has 0 aliphatic rings. The van der Waals surface area contributed by atoms with E-state index < -0.39 is 5.60 Å². The Bertz CT molecular complexity index is 763. The first-order valence-electron chi connectivity index (χ1n) is 10.2. The van der Waals surface area contributed by atoms with Crippen molar-refractivity contribution in [2.75, 3.05) is 6.61 Å². The first-order valence-corrected chi connectivity index (χ1v) is 10.2. The normalized spacial score (nSPS) is 12.0. The number of aromatic nitrogens is 6. The molecule has 0 aliphatic carbocycles. The molecular formula is C21H32N6O. The smallest absolute Gasteiger partial charge is 0.241 e. The highest BCUT2D eigenvalue weighted by molar-refractivity contribution is 5.31. The van der Waals surface area contributed by atoms with Crippen LogP contribution in [0, 0.1) is 0 Å². The highest BCUT2D eigenvalue weighted by Gasteiger charge is 2.47. The van der Waals surface area contributed by atoms with Gasteiger partial charge in [-0.1, -0.05) is 39.0 Å². The Balaban J connectivity index is 1.95. The summed E-state index contributed by atoms with van der Waals surface area (Å²) in [7, 11) is 5.95. The molecule has 0 N–H and O–H groups in total. The second-order valence-electron chi connectivity index (χ2n) is 7.38. The Kier molecular flexibility index (Phi) is 6.67. The maximum Gasteiger partial charge on any atom is 0.241 e. The average Bonchev–Trinajstić information content (AvgIpc) is 3.41. The molecule has 3 aromatic heterocycles. The van der Waals surface area contributed by atoms with Crippen LogP contribution in [0.5, 0.6) is 0 Å². The van der Waals surface area contributed by atoms with Crippen molar-refractivity contribution in [3.63, 3.8) is 0 Å². The van der Waals surface area contributed by atoms with E-state index in [1.807, 2.05) is 53.4 Å². The van der Waals surface area contributed by atoms with Gasteiger partial charge >= 0.3 is 0 Å². The largest absolute Gasteiger partial charge is 0.352 e. The standard InChI is InChI=1S/C21H32N6O/c1-5-6-7-8-9-10-17-28-21(18-22-11-14-25(18)2,19-23-12-15-26(19)3)20-24-13-16-27(20)4/h11-16H,5-10,17H2,1-4H3. The van der Waals surface area contributed by atoms with Crippen molar-refractivity contribution >= 4 is 0 Å². The van der Waals surface area contributed by atoms with Gasteiger partial charge in [0, 0.05) is 64.9 Å². The van der Waals surface area contributed by atoms with Gasteiger partial charge in [-0.15, -0.1) is 0 Å². The van der Waals surface area contributed by atoms with Crippen molar-refractivity contribution in [3.05, 3.63) is 54.7 Å². The molecule has 0 unspecified atom stereocenters. The quantitative estimate of drug-likeness (QED) is 0.474. The first-order chi connectivity index (χ1) is 13.6. The number of nitrogens with zero attached hydrogens (tertiary/aromatic N) is 6. The number of ether oxygens (including phenoxy) is 1. The molecule has 152 valence electrons. The van der Waals surface area contributed by atoms with E-state index in [0.29, 0.717) is 6.61 Å². The second kappa shape index (κ2) is 9.19. The summed E-state index contributed by atoms with van der Waals surface area (Å²) in [6.45, 7) is 2.86. The summed E-state index contributed by atoms with van der Waals surface area (Å²) < 4.78 is 12.6. The van der Waals surface area contributed by atoms with Crippen molar-refractivity contribution in [2.45, 2.75) is 51.0 Å². The molecule has 7 nitrogen and oxygen atoms in total. The molecule has 0 radical (unpaired) electrons. The van der Waals surface area contributed by atoms with Crippen molar-refractivity contribution in [1.29, 1.82) is 0 Å². The summed E-state index contributed by atoms with van der Waals surface area (Å²) in [5.74, 6) is 2.34. The van der Waals surface area contributed by atoms with Crippen LogP contribution in [-0.4, -0.2) is 35.3 Å². The molecule has 28 heavy (non-hydrogen) atoms. The van der Waals surface area contributed by atoms with Gasteiger partial charge in [0.15, 0.2) is 17.5 Å². The predicted octanol–water partition coefficient (Wildman–Crippen LogP) is 3.56. The summed E-state index contributed by atoms with van der Waals surface area (Å²) >= 11 is 0. The molecule has 3 rings (SSSR count). The van der Waals surface area contributed by atoms with E-state index >= 15 is 0 Å². The number of imidazole rings is 3. The van der Waals surface area contributed by atoms with E-state index in [1.54, 1.807) is 18.6 Å². The van der Waals surface area contributed by atoms with Crippen LogP contribution in [0.3, 0.4) is 0 Å². The summed E-state index contributed by atoms with van der Waals surface area (Å²) in [6.07, 6.45) is 18.5. The molecule has 3 heterocycles. The lowest BCUT2D eigenvalue weighted by atomic mass is 9.99. The fourth-order valence-corrected chi connectivity index (χ4v) is 3.72. The van der Waals surface area contributed by atoms with Crippen molar-refractivity contribution < 1.29 is 4.74 Å². The Morgan fingerprint density at radius 3 is 1.54 bits per heavy atom. The predicted molar refractivity (Wildman–Crippen MR) is 109 cm³/mol. The molecule has 0 fully saturated rings. The van der Waals surface area contributed by atoms with Crippen LogP contribution in [0.25, 0.3) is 0 Å². The third-order valence-electron chi connectivity index (χ3n) is 5.22. The van der Waals surface area contributed by atoms with Crippen LogP contribution in [0.15, 0.2) is 37.2 Å². The van der Waals surface area contributed by atoms with E-state index in [0.717, 1.165) is 30.3 Å². The van der Waals surface area contributed by atoms with Gasteiger partial charge in [0.25, 0.3) is 0 Å². The minimum absolute atomic E-state index is 0.624. The number of unbranched alkanes of at least 4 members (excludes halogenated alkanes) is 5. The number of aryl methyl sites for hydroxylation is 3. The molecule has 0 atom stereocenters. The van der Waals surface area contributed by atoms with Crippen LogP contribution in [-0.2, 0) is 31.5 Å². The van der Waals surface area contributed by atoms with Crippen LogP contribution in [0.1, 0.15) is 62.9 Å². The lowest BCUT2D eigenvalue weighted by molar-refractivity contribution is -0.0134. The number of hydrogen-bond donors (Lipinski definition) is 0. The maximum atomic E-state index is 6.66. The highest BCUT2D eigenvalue weighted by atomic mass is 16.5. The fourth-order valence-electron chi connectivity index (χ4n) is 3.72. The van der Waals surface area contributed by atoms with E-state index in [-0.39, 0.29) is 0 Å². The Hall–Kier alpha value is -2.41. The van der Waals surface area contributed by atoms with Gasteiger partial charge in [0.2, 0.25) is 5.60 Å². The molecular weight excluding hydrogens is 352 g/mol. The molecule has 0 spiro atoms.